The molecule has 19 heavy (non-hydrogen) atoms. The van der Waals surface area contributed by atoms with Crippen LogP contribution < -0.4 is 11.5 Å². The summed E-state index contributed by atoms with van der Waals surface area (Å²) in [5.41, 5.74) is 10.2. The van der Waals surface area contributed by atoms with Crippen molar-refractivity contribution in [1.29, 1.82) is 26.3 Å². The standard InChI is InChI=1S/C3H10N2.5CN.2Cu.Ni.H2O/c1-3(5)2-4;5*1-2;;;;/h3H,2,4-5H2,1H3;;;;;;;;;1H2/q;5*-1;+1;2*+2;. The summed E-state index contributed by atoms with van der Waals surface area (Å²) in [6, 6.07) is 0.162. The fourth-order valence-corrected chi connectivity index (χ4v) is 0. The van der Waals surface area contributed by atoms with Crippen molar-refractivity contribution in [1.82, 2.24) is 0 Å². The molecule has 0 aliphatic rings. The van der Waals surface area contributed by atoms with E-state index in [1.807, 2.05) is 6.92 Å². The van der Waals surface area contributed by atoms with Crippen molar-refractivity contribution in [3.63, 3.8) is 0 Å². The molecular formula is C8H12Cu2N7NiO. The fraction of sp³-hybridized carbons (Fsp3) is 0.375. The second-order valence-corrected chi connectivity index (χ2v) is 1.21. The maximum atomic E-state index is 6.25. The monoisotopic (exact) mass is 406 g/mol. The van der Waals surface area contributed by atoms with Gasteiger partial charge in [0.2, 0.25) is 0 Å². The number of nitrogens with two attached hydrogens (primary N) is 2. The molecule has 0 aliphatic heterocycles. The zero-order valence-electron chi connectivity index (χ0n) is 9.59. The molecule has 0 spiro atoms. The van der Waals surface area contributed by atoms with Crippen LogP contribution in [0.4, 0.5) is 0 Å². The van der Waals surface area contributed by atoms with Gasteiger partial charge < -0.3 is 76.1 Å². The van der Waals surface area contributed by atoms with Gasteiger partial charge in [0.05, 0.1) is 0 Å². The van der Waals surface area contributed by atoms with Crippen LogP contribution in [-0.2, 0) is 50.6 Å². The third-order valence-electron chi connectivity index (χ3n) is 0.372. The van der Waals surface area contributed by atoms with E-state index in [0.29, 0.717) is 6.54 Å². The van der Waals surface area contributed by atoms with E-state index in [2.05, 4.69) is 0 Å². The summed E-state index contributed by atoms with van der Waals surface area (Å²) < 4.78 is 0. The van der Waals surface area contributed by atoms with Gasteiger partial charge in [0.15, 0.2) is 0 Å². The van der Waals surface area contributed by atoms with Crippen molar-refractivity contribution < 1.29 is 56.1 Å². The quantitative estimate of drug-likeness (QED) is 0.406. The van der Waals surface area contributed by atoms with Crippen LogP contribution in [0.1, 0.15) is 6.92 Å². The van der Waals surface area contributed by atoms with Gasteiger partial charge in [0.1, 0.15) is 0 Å². The Labute approximate surface area is 146 Å². The molecule has 0 rings (SSSR count). The Morgan fingerprint density at radius 2 is 0.895 bits per heavy atom. The van der Waals surface area contributed by atoms with E-state index in [1.54, 1.807) is 0 Å². The van der Waals surface area contributed by atoms with E-state index in [9.17, 15) is 0 Å². The summed E-state index contributed by atoms with van der Waals surface area (Å²) in [6.07, 6.45) is 0. The zero-order chi connectivity index (χ0) is 14.3. The Morgan fingerprint density at radius 1 is 0.842 bits per heavy atom. The Kier molecular flexibility index (Phi) is 2240. The van der Waals surface area contributed by atoms with Gasteiger partial charge in [-0.25, -0.2) is 0 Å². The van der Waals surface area contributed by atoms with Crippen LogP contribution in [0.2, 0.25) is 0 Å². The summed E-state index contributed by atoms with van der Waals surface area (Å²) in [5.74, 6) is 0. The molecule has 0 heterocycles. The normalized spacial score (nSPS) is 4.47. The first-order chi connectivity index (χ1) is 7.27. The third kappa shape index (κ3) is 5010. The molecule has 0 aromatic carbocycles. The minimum Gasteiger partial charge on any atom is -0.512 e. The van der Waals surface area contributed by atoms with E-state index < -0.39 is 0 Å². The smallest absolute Gasteiger partial charge is 0.512 e. The van der Waals surface area contributed by atoms with Crippen LogP contribution >= 0.6 is 0 Å². The van der Waals surface area contributed by atoms with Gasteiger partial charge in [0, 0.05) is 12.6 Å². The Morgan fingerprint density at radius 3 is 0.895 bits per heavy atom. The molecule has 0 bridgehead atoms. The molecule has 0 aromatic heterocycles. The summed E-state index contributed by atoms with van der Waals surface area (Å²) in [4.78, 5) is 0. The number of hydrogen-bond acceptors (Lipinski definition) is 7. The molecule has 0 saturated heterocycles. The minimum absolute atomic E-state index is 0. The van der Waals surface area contributed by atoms with Gasteiger partial charge >= 0.3 is 50.6 Å². The second-order valence-electron chi connectivity index (χ2n) is 1.21. The van der Waals surface area contributed by atoms with Gasteiger partial charge in [-0.15, -0.1) is 0 Å². The largest absolute Gasteiger partial charge is 2.00 e. The molecule has 1 atom stereocenters. The van der Waals surface area contributed by atoms with Gasteiger partial charge in [0.25, 0.3) is 0 Å². The minimum atomic E-state index is 0. The SMILES string of the molecule is CC(N)CN.O.[C-]#N.[C-]#N.[C-]#N.[C-]#N.[C-]#N.[Cu+2].[Cu+].[Ni+2]. The van der Waals surface area contributed by atoms with Gasteiger partial charge in [-0.2, -0.15) is 0 Å². The molecule has 0 amide bonds. The van der Waals surface area contributed by atoms with Crippen LogP contribution in [-0.4, -0.2) is 18.1 Å². The van der Waals surface area contributed by atoms with E-state index >= 15 is 0 Å². The zero-order valence-corrected chi connectivity index (χ0v) is 12.5. The molecular weight excluding hydrogens is 396 g/mol. The molecule has 1 unspecified atom stereocenters. The number of rotatable bonds is 1. The molecule has 0 saturated carbocycles. The van der Waals surface area contributed by atoms with Crippen molar-refractivity contribution in [2.75, 3.05) is 6.54 Å². The summed E-state index contributed by atoms with van der Waals surface area (Å²) >= 11 is 0. The summed E-state index contributed by atoms with van der Waals surface area (Å²) in [6.45, 7) is 26.2. The van der Waals surface area contributed by atoms with Crippen molar-refractivity contribution >= 4 is 0 Å². The van der Waals surface area contributed by atoms with Crippen LogP contribution in [0, 0.1) is 59.2 Å². The molecule has 1 radical (unpaired) electrons. The van der Waals surface area contributed by atoms with Gasteiger partial charge in [-0.05, 0) is 6.92 Å². The average molecular weight is 408 g/mol. The maximum Gasteiger partial charge on any atom is 2.00 e. The molecule has 0 aromatic rings. The van der Waals surface area contributed by atoms with E-state index in [1.165, 1.54) is 0 Å². The van der Waals surface area contributed by atoms with Crippen LogP contribution in [0.15, 0.2) is 0 Å². The number of nitrogens with zero attached hydrogens (tertiary/aromatic N) is 5. The van der Waals surface area contributed by atoms with Gasteiger partial charge in [-0.3, -0.25) is 0 Å². The Hall–Kier alpha value is -1.14. The van der Waals surface area contributed by atoms with Crippen LogP contribution in [0.25, 0.3) is 0 Å². The predicted molar refractivity (Wildman–Crippen MR) is 51.2 cm³/mol. The molecule has 0 fully saturated rings. The fourth-order valence-electron chi connectivity index (χ4n) is 0. The molecule has 6 N–H and O–H groups in total. The predicted octanol–water partition coefficient (Wildman–Crippen LogP) is -1.06. The Bertz CT molecular complexity index is 136. The first-order valence-electron chi connectivity index (χ1n) is 2.85. The molecule has 8 nitrogen and oxygen atoms in total. The van der Waals surface area contributed by atoms with Crippen molar-refractivity contribution in [3.05, 3.63) is 32.9 Å². The van der Waals surface area contributed by atoms with E-state index in [-0.39, 0.29) is 62.1 Å². The topological polar surface area (TPSA) is 202 Å². The third-order valence-corrected chi connectivity index (χ3v) is 0.372. The molecule has 0 aliphatic carbocycles. The first kappa shape index (κ1) is 82.2. The maximum absolute atomic E-state index is 6.25. The molecule has 117 valence electrons. The van der Waals surface area contributed by atoms with Gasteiger partial charge in [-0.1, -0.05) is 0 Å². The first-order valence-corrected chi connectivity index (χ1v) is 2.85. The van der Waals surface area contributed by atoms with E-state index in [4.69, 9.17) is 70.6 Å². The molecule has 11 heteroatoms. The number of hydrogen-bond donors (Lipinski definition) is 2. The average Bonchev–Trinajstić information content (AvgIpc) is 2.41. The second kappa shape index (κ2) is 518. The Balaban J connectivity index is -0.00000000652. The van der Waals surface area contributed by atoms with Crippen LogP contribution in [0.3, 0.4) is 0 Å². The summed E-state index contributed by atoms with van der Waals surface area (Å²) in [5, 5.41) is 31.2. The van der Waals surface area contributed by atoms with Crippen molar-refractivity contribution in [3.8, 4) is 0 Å². The van der Waals surface area contributed by atoms with Crippen molar-refractivity contribution in [2.24, 2.45) is 11.5 Å². The van der Waals surface area contributed by atoms with Crippen LogP contribution in [0.5, 0.6) is 0 Å². The summed E-state index contributed by atoms with van der Waals surface area (Å²) in [7, 11) is 0. The van der Waals surface area contributed by atoms with E-state index in [0.717, 1.165) is 0 Å². The van der Waals surface area contributed by atoms with Crippen molar-refractivity contribution in [2.45, 2.75) is 13.0 Å².